The molecule has 1 unspecified atom stereocenters. The Hall–Kier alpha value is -1.74. The first-order valence-electron chi connectivity index (χ1n) is 9.18. The van der Waals surface area contributed by atoms with Crippen molar-refractivity contribution < 1.29 is 9.26 Å². The summed E-state index contributed by atoms with van der Waals surface area (Å²) in [7, 11) is 0. The highest BCUT2D eigenvalue weighted by atomic mass is 79.9. The Morgan fingerprint density at radius 1 is 1.19 bits per heavy atom. The van der Waals surface area contributed by atoms with Crippen LogP contribution in [0.3, 0.4) is 0 Å². The third-order valence-electron chi connectivity index (χ3n) is 4.91. The molecule has 9 heteroatoms. The summed E-state index contributed by atoms with van der Waals surface area (Å²) in [6, 6.07) is 4.48. The van der Waals surface area contributed by atoms with Crippen LogP contribution in [0.2, 0.25) is 0 Å². The van der Waals surface area contributed by atoms with E-state index in [0.717, 1.165) is 46.7 Å². The minimum Gasteiger partial charge on any atom is -0.467 e. The third-order valence-corrected chi connectivity index (χ3v) is 6.21. The highest BCUT2D eigenvalue weighted by Crippen LogP contribution is 2.31. The van der Waals surface area contributed by atoms with E-state index < -0.39 is 0 Å². The smallest absolute Gasteiger partial charge is 0.324 e. The Bertz CT molecular complexity index is 920. The topological polar surface area (TPSA) is 77.2 Å². The van der Waals surface area contributed by atoms with Crippen molar-refractivity contribution in [3.05, 3.63) is 22.6 Å². The summed E-state index contributed by atoms with van der Waals surface area (Å²) >= 11 is 4.88. The van der Waals surface area contributed by atoms with Crippen LogP contribution < -0.4 is 9.64 Å². The van der Waals surface area contributed by atoms with E-state index in [9.17, 15) is 0 Å². The highest BCUT2D eigenvalue weighted by molar-refractivity contribution is 9.10. The molecule has 0 spiro atoms. The number of piperidine rings is 1. The van der Waals surface area contributed by atoms with Gasteiger partial charge in [0.25, 0.3) is 5.19 Å². The standard InChI is InChI=1S/C18H22BrN5O2S/c1-10(2)15-22-17(26-23-15)24-8-6-12(7-9-24)11(3)25-18-20-13-4-5-14(19)21-16(13)27-18/h4-5,10-12H,6-9H2,1-3H3. The van der Waals surface area contributed by atoms with Gasteiger partial charge in [0, 0.05) is 19.0 Å². The molecular formula is C18H22BrN5O2S. The van der Waals surface area contributed by atoms with E-state index in [2.05, 4.69) is 61.7 Å². The van der Waals surface area contributed by atoms with E-state index in [1.165, 1.54) is 11.3 Å². The zero-order valence-electron chi connectivity index (χ0n) is 15.6. The first-order valence-corrected chi connectivity index (χ1v) is 10.8. The molecule has 1 fully saturated rings. The summed E-state index contributed by atoms with van der Waals surface area (Å²) in [5.41, 5.74) is 0.873. The van der Waals surface area contributed by atoms with Gasteiger partial charge in [0.05, 0.1) is 0 Å². The molecule has 3 aromatic heterocycles. The van der Waals surface area contributed by atoms with Gasteiger partial charge in [-0.1, -0.05) is 30.3 Å². The van der Waals surface area contributed by atoms with Crippen LogP contribution in [0.25, 0.3) is 10.3 Å². The molecule has 27 heavy (non-hydrogen) atoms. The number of fused-ring (bicyclic) bond motifs is 1. The number of ether oxygens (including phenoxy) is 1. The van der Waals surface area contributed by atoms with Gasteiger partial charge in [-0.15, -0.1) is 0 Å². The predicted octanol–water partition coefficient (Wildman–Crippen LogP) is 4.64. The quantitative estimate of drug-likeness (QED) is 0.522. The molecule has 0 radical (unpaired) electrons. The van der Waals surface area contributed by atoms with Gasteiger partial charge >= 0.3 is 6.01 Å². The van der Waals surface area contributed by atoms with E-state index in [4.69, 9.17) is 9.26 Å². The van der Waals surface area contributed by atoms with E-state index >= 15 is 0 Å². The molecule has 0 N–H and O–H groups in total. The van der Waals surface area contributed by atoms with Crippen LogP contribution in [0, 0.1) is 5.92 Å². The lowest BCUT2D eigenvalue weighted by Crippen LogP contribution is -2.38. The lowest BCUT2D eigenvalue weighted by Gasteiger charge is -2.33. The van der Waals surface area contributed by atoms with Gasteiger partial charge in [0.1, 0.15) is 21.1 Å². The Morgan fingerprint density at radius 3 is 2.67 bits per heavy atom. The average Bonchev–Trinajstić information content (AvgIpc) is 3.28. The van der Waals surface area contributed by atoms with Gasteiger partial charge in [-0.3, -0.25) is 0 Å². The van der Waals surface area contributed by atoms with Crippen LogP contribution in [0.15, 0.2) is 21.3 Å². The van der Waals surface area contributed by atoms with Crippen LogP contribution in [0.1, 0.15) is 45.4 Å². The van der Waals surface area contributed by atoms with Crippen LogP contribution in [-0.2, 0) is 0 Å². The molecule has 0 bridgehead atoms. The number of hydrogen-bond donors (Lipinski definition) is 0. The molecular weight excluding hydrogens is 430 g/mol. The minimum atomic E-state index is 0.102. The van der Waals surface area contributed by atoms with Crippen molar-refractivity contribution in [2.75, 3.05) is 18.0 Å². The minimum absolute atomic E-state index is 0.102. The Kier molecular flexibility index (Phi) is 5.32. The van der Waals surface area contributed by atoms with Crippen molar-refractivity contribution in [3.8, 4) is 5.19 Å². The zero-order chi connectivity index (χ0) is 19.0. The molecule has 1 aliphatic heterocycles. The first kappa shape index (κ1) is 18.6. The summed E-state index contributed by atoms with van der Waals surface area (Å²) < 4.78 is 12.4. The summed E-state index contributed by atoms with van der Waals surface area (Å²) in [6.07, 6.45) is 2.15. The molecule has 1 saturated heterocycles. The van der Waals surface area contributed by atoms with Gasteiger partial charge in [-0.2, -0.15) is 4.98 Å². The van der Waals surface area contributed by atoms with Crippen LogP contribution in [0.4, 0.5) is 6.01 Å². The molecule has 1 atom stereocenters. The van der Waals surface area contributed by atoms with E-state index in [-0.39, 0.29) is 12.0 Å². The van der Waals surface area contributed by atoms with E-state index in [1.807, 2.05) is 12.1 Å². The summed E-state index contributed by atoms with van der Waals surface area (Å²) in [5, 5.41) is 4.74. The number of rotatable bonds is 5. The molecule has 4 rings (SSSR count). The van der Waals surface area contributed by atoms with Crippen molar-refractivity contribution in [2.45, 2.75) is 45.6 Å². The van der Waals surface area contributed by atoms with Crippen LogP contribution >= 0.6 is 27.3 Å². The summed E-state index contributed by atoms with van der Waals surface area (Å²) in [4.78, 5) is 16.5. The fraction of sp³-hybridized carbons (Fsp3) is 0.556. The Labute approximate surface area is 170 Å². The van der Waals surface area contributed by atoms with Crippen molar-refractivity contribution in [3.63, 3.8) is 0 Å². The second-order valence-corrected chi connectivity index (χ2v) is 8.93. The normalized spacial score (nSPS) is 17.0. The highest BCUT2D eigenvalue weighted by Gasteiger charge is 2.28. The number of hydrogen-bond acceptors (Lipinski definition) is 8. The Morgan fingerprint density at radius 2 is 1.96 bits per heavy atom. The van der Waals surface area contributed by atoms with Crippen molar-refractivity contribution in [1.82, 2.24) is 20.1 Å². The lowest BCUT2D eigenvalue weighted by molar-refractivity contribution is 0.131. The second-order valence-electron chi connectivity index (χ2n) is 7.18. The number of thiazole rings is 1. The van der Waals surface area contributed by atoms with Gasteiger partial charge < -0.3 is 14.2 Å². The van der Waals surface area contributed by atoms with Crippen molar-refractivity contribution in [1.29, 1.82) is 0 Å². The number of halogens is 1. The average molecular weight is 452 g/mol. The number of aromatic nitrogens is 4. The monoisotopic (exact) mass is 451 g/mol. The second kappa shape index (κ2) is 7.71. The van der Waals surface area contributed by atoms with E-state index in [1.54, 1.807) is 0 Å². The van der Waals surface area contributed by atoms with E-state index in [0.29, 0.717) is 17.1 Å². The fourth-order valence-corrected chi connectivity index (χ4v) is 4.53. The molecule has 0 saturated carbocycles. The number of pyridine rings is 1. The van der Waals surface area contributed by atoms with Crippen molar-refractivity contribution >= 4 is 43.6 Å². The molecule has 3 aromatic rings. The maximum atomic E-state index is 6.14. The van der Waals surface area contributed by atoms with Gasteiger partial charge in [-0.05, 0) is 53.7 Å². The molecule has 0 aliphatic carbocycles. The molecule has 0 amide bonds. The molecule has 7 nitrogen and oxygen atoms in total. The maximum Gasteiger partial charge on any atom is 0.324 e. The predicted molar refractivity (Wildman–Crippen MR) is 109 cm³/mol. The SMILES string of the molecule is CC(C)c1noc(N2CCC(C(C)Oc3nc4ccc(Br)nc4s3)CC2)n1. The third kappa shape index (κ3) is 4.08. The number of anilines is 1. The number of nitrogens with zero attached hydrogens (tertiary/aromatic N) is 5. The van der Waals surface area contributed by atoms with Gasteiger partial charge in [-0.25, -0.2) is 9.97 Å². The molecule has 0 aromatic carbocycles. The molecule has 1 aliphatic rings. The maximum absolute atomic E-state index is 6.14. The van der Waals surface area contributed by atoms with Crippen LogP contribution in [0.5, 0.6) is 5.19 Å². The summed E-state index contributed by atoms with van der Waals surface area (Å²) in [5.74, 6) is 1.51. The van der Waals surface area contributed by atoms with Crippen LogP contribution in [-0.4, -0.2) is 39.3 Å². The largest absolute Gasteiger partial charge is 0.467 e. The fourth-order valence-electron chi connectivity index (χ4n) is 3.23. The molecule has 144 valence electrons. The molecule has 4 heterocycles. The lowest BCUT2D eigenvalue weighted by atomic mass is 9.92. The van der Waals surface area contributed by atoms with Crippen molar-refractivity contribution in [2.24, 2.45) is 5.92 Å². The first-order chi connectivity index (χ1) is 13.0. The summed E-state index contributed by atoms with van der Waals surface area (Å²) in [6.45, 7) is 8.05. The zero-order valence-corrected chi connectivity index (χ0v) is 18.0. The van der Waals surface area contributed by atoms with Gasteiger partial charge in [0.2, 0.25) is 0 Å². The van der Waals surface area contributed by atoms with Gasteiger partial charge in [0.15, 0.2) is 5.82 Å². The Balaban J connectivity index is 1.35.